The monoisotopic (exact) mass is 439 g/mol. The summed E-state index contributed by atoms with van der Waals surface area (Å²) in [7, 11) is 0. The zero-order chi connectivity index (χ0) is 22.8. The topological polar surface area (TPSA) is 76.1 Å². The molecule has 2 aromatic carbocycles. The molecule has 2 unspecified atom stereocenters. The summed E-state index contributed by atoms with van der Waals surface area (Å²) < 4.78 is 24.9. The average Bonchev–Trinajstić information content (AvgIpc) is 3.36. The molecule has 0 aliphatic carbocycles. The highest BCUT2D eigenvalue weighted by Gasteiger charge is 2.47. The zero-order valence-electron chi connectivity index (χ0n) is 18.1. The third-order valence-electron chi connectivity index (χ3n) is 5.63. The van der Waals surface area contributed by atoms with Crippen molar-refractivity contribution in [3.63, 3.8) is 0 Å². The Labute approximate surface area is 186 Å². The Morgan fingerprint density at radius 2 is 1.97 bits per heavy atom. The van der Waals surface area contributed by atoms with E-state index < -0.39 is 23.5 Å². The second-order valence-electron chi connectivity index (χ2n) is 8.33. The van der Waals surface area contributed by atoms with Crippen LogP contribution in [0.3, 0.4) is 0 Å². The second kappa shape index (κ2) is 9.12. The minimum atomic E-state index is -0.838. The maximum atomic E-state index is 13.6. The predicted molar refractivity (Wildman–Crippen MR) is 117 cm³/mol. The van der Waals surface area contributed by atoms with Gasteiger partial charge in [-0.1, -0.05) is 24.3 Å². The van der Waals surface area contributed by atoms with Gasteiger partial charge in [0.2, 0.25) is 0 Å². The Bertz CT molecular complexity index is 1040. The number of halogens is 1. The van der Waals surface area contributed by atoms with E-state index in [4.69, 9.17) is 9.47 Å². The first-order chi connectivity index (χ1) is 15.3. The number of hydrogen-bond acceptors (Lipinski definition) is 5. The summed E-state index contributed by atoms with van der Waals surface area (Å²) >= 11 is 0. The summed E-state index contributed by atoms with van der Waals surface area (Å²) in [5, 5.41) is 11.2. The first-order valence-electron chi connectivity index (χ1n) is 10.8. The maximum absolute atomic E-state index is 13.6. The number of ether oxygens (including phenoxy) is 2. The van der Waals surface area contributed by atoms with Crippen molar-refractivity contribution in [2.45, 2.75) is 44.9 Å². The highest BCUT2D eigenvalue weighted by atomic mass is 19.1. The van der Waals surface area contributed by atoms with Gasteiger partial charge in [-0.2, -0.15) is 0 Å². The summed E-state index contributed by atoms with van der Waals surface area (Å²) in [4.78, 5) is 27.5. The second-order valence-corrected chi connectivity index (χ2v) is 8.33. The number of likely N-dealkylation sites (tertiary alicyclic amines) is 1. The molecule has 2 heterocycles. The summed E-state index contributed by atoms with van der Waals surface area (Å²) in [6.07, 6.45) is 1.43. The van der Waals surface area contributed by atoms with Gasteiger partial charge in [-0.25, -0.2) is 4.39 Å². The Balaban J connectivity index is 1.79. The van der Waals surface area contributed by atoms with E-state index >= 15 is 0 Å². The number of benzene rings is 2. The lowest BCUT2D eigenvalue weighted by Crippen LogP contribution is -2.36. The van der Waals surface area contributed by atoms with E-state index in [0.717, 1.165) is 12.8 Å². The van der Waals surface area contributed by atoms with Crippen LogP contribution in [-0.2, 0) is 14.3 Å². The fraction of sp³-hybridized carbons (Fsp3) is 0.360. The van der Waals surface area contributed by atoms with Crippen molar-refractivity contribution in [3.8, 4) is 5.75 Å². The number of Topliss-reactive ketones (excluding diaryl/α,β-unsaturated/α-hetero) is 1. The first-order valence-corrected chi connectivity index (χ1v) is 10.8. The van der Waals surface area contributed by atoms with Crippen molar-refractivity contribution in [1.82, 2.24) is 4.90 Å². The van der Waals surface area contributed by atoms with E-state index in [2.05, 4.69) is 0 Å². The lowest BCUT2D eigenvalue weighted by atomic mass is 9.95. The minimum Gasteiger partial charge on any atom is -0.507 e. The Hall–Kier alpha value is -3.19. The van der Waals surface area contributed by atoms with Gasteiger partial charge >= 0.3 is 0 Å². The number of carbonyl (C=O) groups excluding carboxylic acids is 2. The Morgan fingerprint density at radius 3 is 2.62 bits per heavy atom. The Kier molecular flexibility index (Phi) is 6.28. The van der Waals surface area contributed by atoms with Crippen LogP contribution in [-0.4, -0.2) is 47.1 Å². The fourth-order valence-electron chi connectivity index (χ4n) is 4.21. The van der Waals surface area contributed by atoms with Crippen LogP contribution < -0.4 is 4.74 Å². The van der Waals surface area contributed by atoms with Gasteiger partial charge in [0.25, 0.3) is 11.7 Å². The van der Waals surface area contributed by atoms with Crippen molar-refractivity contribution in [2.75, 3.05) is 13.2 Å². The van der Waals surface area contributed by atoms with E-state index in [1.165, 1.54) is 29.2 Å². The zero-order valence-corrected chi connectivity index (χ0v) is 18.1. The molecule has 0 aromatic heterocycles. The van der Waals surface area contributed by atoms with E-state index in [1.54, 1.807) is 24.3 Å². The quantitative estimate of drug-likeness (QED) is 0.415. The van der Waals surface area contributed by atoms with Gasteiger partial charge in [0, 0.05) is 18.7 Å². The molecule has 0 saturated carbocycles. The van der Waals surface area contributed by atoms with Crippen LogP contribution in [0.4, 0.5) is 4.39 Å². The van der Waals surface area contributed by atoms with E-state index in [-0.39, 0.29) is 30.1 Å². The number of aliphatic hydroxyl groups excluding tert-OH is 1. The SMILES string of the molecule is CC(C)Oc1cccc(/C(O)=C2/C(=O)C(=O)N(CC3CCCO3)C2c2ccc(F)cc2)c1. The molecular weight excluding hydrogens is 413 g/mol. The molecule has 0 spiro atoms. The van der Waals surface area contributed by atoms with Gasteiger partial charge in [-0.15, -0.1) is 0 Å². The predicted octanol–water partition coefficient (Wildman–Crippen LogP) is 4.21. The molecule has 4 rings (SSSR count). The summed E-state index contributed by atoms with van der Waals surface area (Å²) in [5.74, 6) is -1.66. The van der Waals surface area contributed by atoms with Crippen LogP contribution in [0.25, 0.3) is 5.76 Å². The molecule has 2 atom stereocenters. The number of amides is 1. The van der Waals surface area contributed by atoms with Crippen molar-refractivity contribution < 1.29 is 28.6 Å². The molecule has 2 aromatic rings. The van der Waals surface area contributed by atoms with Crippen molar-refractivity contribution in [1.29, 1.82) is 0 Å². The molecule has 2 aliphatic heterocycles. The molecule has 6 nitrogen and oxygen atoms in total. The number of nitrogens with zero attached hydrogens (tertiary/aromatic N) is 1. The van der Waals surface area contributed by atoms with Gasteiger partial charge in [-0.05, 0) is 56.5 Å². The molecule has 168 valence electrons. The average molecular weight is 439 g/mol. The third-order valence-corrected chi connectivity index (χ3v) is 5.63. The van der Waals surface area contributed by atoms with E-state index in [9.17, 15) is 19.1 Å². The highest BCUT2D eigenvalue weighted by molar-refractivity contribution is 6.46. The van der Waals surface area contributed by atoms with E-state index in [1.807, 2.05) is 13.8 Å². The molecule has 0 radical (unpaired) electrons. The number of carbonyl (C=O) groups is 2. The van der Waals surface area contributed by atoms with Gasteiger partial charge in [0.05, 0.1) is 23.8 Å². The molecule has 7 heteroatoms. The standard InChI is InChI=1S/C25H26FNO5/c1-15(2)32-19-6-3-5-17(13-19)23(28)21-22(16-8-10-18(26)11-9-16)27(25(30)24(21)29)14-20-7-4-12-31-20/h3,5-6,8-11,13,15,20,22,28H,4,7,12,14H2,1-2H3/b23-21-. The normalized spacial score (nSPS) is 22.7. The summed E-state index contributed by atoms with van der Waals surface area (Å²) in [6, 6.07) is 11.5. The molecule has 1 N–H and O–H groups in total. The van der Waals surface area contributed by atoms with Crippen LogP contribution in [0.5, 0.6) is 5.75 Å². The van der Waals surface area contributed by atoms with Crippen LogP contribution in [0.15, 0.2) is 54.1 Å². The fourth-order valence-corrected chi connectivity index (χ4v) is 4.21. The number of aliphatic hydroxyl groups is 1. The Morgan fingerprint density at radius 1 is 1.22 bits per heavy atom. The smallest absolute Gasteiger partial charge is 0.295 e. The van der Waals surface area contributed by atoms with Crippen LogP contribution in [0, 0.1) is 5.82 Å². The van der Waals surface area contributed by atoms with Crippen molar-refractivity contribution in [2.24, 2.45) is 0 Å². The van der Waals surface area contributed by atoms with Gasteiger partial charge in [0.15, 0.2) is 0 Å². The minimum absolute atomic E-state index is 0.0266. The molecule has 2 saturated heterocycles. The van der Waals surface area contributed by atoms with Gasteiger partial charge in [-0.3, -0.25) is 9.59 Å². The van der Waals surface area contributed by atoms with Gasteiger partial charge < -0.3 is 19.5 Å². The molecular formula is C25H26FNO5. The highest BCUT2D eigenvalue weighted by Crippen LogP contribution is 2.40. The van der Waals surface area contributed by atoms with Gasteiger partial charge in [0.1, 0.15) is 17.3 Å². The lowest BCUT2D eigenvalue weighted by molar-refractivity contribution is -0.140. The number of rotatable bonds is 6. The largest absolute Gasteiger partial charge is 0.507 e. The van der Waals surface area contributed by atoms with Crippen molar-refractivity contribution >= 4 is 17.4 Å². The molecule has 32 heavy (non-hydrogen) atoms. The van der Waals surface area contributed by atoms with Crippen LogP contribution >= 0.6 is 0 Å². The summed E-state index contributed by atoms with van der Waals surface area (Å²) in [5.41, 5.74) is 0.881. The van der Waals surface area contributed by atoms with Crippen LogP contribution in [0.1, 0.15) is 43.9 Å². The molecule has 1 amide bonds. The van der Waals surface area contributed by atoms with Crippen LogP contribution in [0.2, 0.25) is 0 Å². The molecule has 2 fully saturated rings. The molecule has 2 aliphatic rings. The number of ketones is 1. The molecule has 0 bridgehead atoms. The summed E-state index contributed by atoms with van der Waals surface area (Å²) in [6.45, 7) is 4.60. The lowest BCUT2D eigenvalue weighted by Gasteiger charge is -2.27. The third kappa shape index (κ3) is 4.39. The van der Waals surface area contributed by atoms with E-state index in [0.29, 0.717) is 23.5 Å². The number of hydrogen-bond donors (Lipinski definition) is 1. The van der Waals surface area contributed by atoms with Crippen molar-refractivity contribution in [3.05, 3.63) is 71.0 Å². The maximum Gasteiger partial charge on any atom is 0.295 e. The first kappa shape index (κ1) is 22.0.